The van der Waals surface area contributed by atoms with Crippen molar-refractivity contribution in [2.24, 2.45) is 42.3 Å². The molecule has 28 heteroatoms. The maximum absolute atomic E-state index is 4.49. The summed E-state index contributed by atoms with van der Waals surface area (Å²) in [6.45, 7) is 0. The number of fused-ring (bicyclic) bond motifs is 6. The van der Waals surface area contributed by atoms with Crippen LogP contribution in [0.25, 0.3) is 0 Å². The summed E-state index contributed by atoms with van der Waals surface area (Å²) in [7, 11) is 12.6. The van der Waals surface area contributed by atoms with E-state index in [1.807, 2.05) is 0 Å². The first-order valence-electron chi connectivity index (χ1n) is 28.9. The van der Waals surface area contributed by atoms with Gasteiger partial charge in [-0.3, -0.25) is 0 Å². The van der Waals surface area contributed by atoms with Gasteiger partial charge in [-0.1, -0.05) is 0 Å². The monoisotopic (exact) mass is 2660 g/mol. The first-order valence-corrected chi connectivity index (χ1v) is 63.7. The Labute approximate surface area is 659 Å². The van der Waals surface area contributed by atoms with Crippen LogP contribution in [0.5, 0.6) is 0 Å². The van der Waals surface area contributed by atoms with E-state index in [9.17, 15) is 0 Å². The van der Waals surface area contributed by atoms with Gasteiger partial charge in [0, 0.05) is 0 Å². The maximum Gasteiger partial charge on any atom is -1.00 e. The second-order valence-electron chi connectivity index (χ2n) is 21.0. The molecule has 12 rings (SSSR count). The fourth-order valence-electron chi connectivity index (χ4n) is 10.9. The molecule has 0 atom stereocenters. The summed E-state index contributed by atoms with van der Waals surface area (Å²) in [6.07, 6.45) is 49.2. The number of aromatic nitrogens is 12. The van der Waals surface area contributed by atoms with Crippen molar-refractivity contribution < 1.29 is 151 Å². The summed E-state index contributed by atoms with van der Waals surface area (Å²) in [5.74, 6) is 0. The van der Waals surface area contributed by atoms with Crippen molar-refractivity contribution >= 4 is 163 Å². The number of nitrogens with zero attached hydrogens (tertiary/aromatic N) is 12. The Morgan fingerprint density at radius 3 is 0.463 bits per heavy atom. The molecule has 0 bridgehead atoms. The van der Waals surface area contributed by atoms with Crippen molar-refractivity contribution in [2.75, 3.05) is 0 Å². The van der Waals surface area contributed by atoms with E-state index in [0.717, 1.165) is 0 Å². The van der Waals surface area contributed by atoms with Gasteiger partial charge in [-0.25, -0.2) is 0 Å². The Morgan fingerprint density at radius 1 is 0.232 bits per heavy atom. The Bertz CT molecular complexity index is 2120. The van der Waals surface area contributed by atoms with Crippen LogP contribution in [-0.4, -0.2) is 113 Å². The largest absolute Gasteiger partial charge is 1.00 e. The minimum atomic E-state index is 0. The normalized spacial score (nSPS) is 16.4. The minimum Gasteiger partial charge on any atom is -1.00 e. The van der Waals surface area contributed by atoms with Gasteiger partial charge >= 0.3 is 576 Å². The van der Waals surface area contributed by atoms with E-state index in [1.54, 1.807) is 60.8 Å². The van der Waals surface area contributed by atoms with Crippen LogP contribution in [-0.2, 0) is 119 Å². The van der Waals surface area contributed by atoms with E-state index in [0.29, 0.717) is 115 Å². The first-order chi connectivity index (χ1) is 38.1. The van der Waals surface area contributed by atoms with E-state index in [1.165, 1.54) is 231 Å². The smallest absolute Gasteiger partial charge is 1.00 e. The standard InChI is InChI=1S/6C9H15N2Se.2I3.4HI/c6*1-11-8-6-4-2-3-5-7-9(8)12-10-11;2*1-3-2;;;;/h6*2-7H2,1H3;;;4*1H/q6*+1;2*-1;;;;/p-4. The van der Waals surface area contributed by atoms with Gasteiger partial charge in [0.2, 0.25) is 0 Å². The van der Waals surface area contributed by atoms with Crippen LogP contribution in [0.4, 0.5) is 0 Å². The van der Waals surface area contributed by atoms with Gasteiger partial charge in [-0.2, -0.15) is 0 Å². The Balaban J connectivity index is 0.000000478. The van der Waals surface area contributed by atoms with E-state index >= 15 is 0 Å². The molecular formula is C54H90I10N12Se6. The molecule has 0 saturated carbocycles. The van der Waals surface area contributed by atoms with Gasteiger partial charge in [0.25, 0.3) is 0 Å². The molecule has 472 valence electrons. The number of aryl methyl sites for hydroxylation is 12. The van der Waals surface area contributed by atoms with Crippen LogP contribution >= 0.6 is 74.5 Å². The molecule has 12 nitrogen and oxygen atoms in total. The summed E-state index contributed by atoms with van der Waals surface area (Å²) in [6, 6.07) is 0. The summed E-state index contributed by atoms with van der Waals surface area (Å²) >= 11 is 13.3. The fraction of sp³-hybridized carbons (Fsp3) is 0.778. The summed E-state index contributed by atoms with van der Waals surface area (Å²) in [5.41, 5.74) is 9.30. The van der Waals surface area contributed by atoms with E-state index in [2.05, 4.69) is 169 Å². The average molecular weight is 2650 g/mol. The number of hydrogen-bond donors (Lipinski definition) is 0. The van der Waals surface area contributed by atoms with Crippen molar-refractivity contribution in [3.05, 3.63) is 60.8 Å². The minimum absolute atomic E-state index is 0. The zero-order chi connectivity index (χ0) is 55.7. The molecule has 0 radical (unpaired) electrons. The second kappa shape index (κ2) is 53.6. The third-order valence-electron chi connectivity index (χ3n) is 15.3. The predicted octanol–water partition coefficient (Wildman–Crippen LogP) is -10.7. The van der Waals surface area contributed by atoms with Crippen molar-refractivity contribution in [1.29, 1.82) is 0 Å². The van der Waals surface area contributed by atoms with Crippen LogP contribution in [0.3, 0.4) is 0 Å². The maximum atomic E-state index is 4.49. The summed E-state index contributed by atoms with van der Waals surface area (Å²) in [4.78, 5) is 0. The zero-order valence-corrected chi connectivity index (χ0v) is 80.9. The topological polar surface area (TPSA) is 101 Å². The molecule has 0 N–H and O–H groups in total. The molecule has 0 saturated heterocycles. The van der Waals surface area contributed by atoms with Crippen LogP contribution < -0.4 is 151 Å². The Hall–Kier alpha value is 6.46. The molecule has 0 unspecified atom stereocenters. The molecule has 0 aliphatic heterocycles. The molecule has 6 aromatic heterocycles. The van der Waals surface area contributed by atoms with Gasteiger partial charge in [0.15, 0.2) is 0 Å². The first kappa shape index (κ1) is 86.5. The Kier molecular flexibility index (Phi) is 56.5. The average Bonchev–Trinajstić information content (AvgIpc) is 4.24. The van der Waals surface area contributed by atoms with Gasteiger partial charge in [-0.15, -0.1) is 0 Å². The second-order valence-corrected chi connectivity index (χ2v) is 64.0. The third kappa shape index (κ3) is 32.9. The van der Waals surface area contributed by atoms with Gasteiger partial charge in [0.05, 0.1) is 0 Å². The third-order valence-corrected chi connectivity index (χ3v) is 27.7. The fourth-order valence-corrected chi connectivity index (χ4v) is 22.2. The zero-order valence-electron chi connectivity index (χ0n) is 49.1. The molecule has 0 spiro atoms. The van der Waals surface area contributed by atoms with Gasteiger partial charge in [0.1, 0.15) is 0 Å². The number of halogens is 10. The van der Waals surface area contributed by atoms with Gasteiger partial charge < -0.3 is 95.9 Å². The van der Waals surface area contributed by atoms with Crippen molar-refractivity contribution in [2.45, 2.75) is 231 Å². The van der Waals surface area contributed by atoms with Crippen LogP contribution in [0, 0.1) is 0 Å². The van der Waals surface area contributed by atoms with Crippen LogP contribution in [0.2, 0.25) is 0 Å². The molecule has 6 aromatic rings. The van der Waals surface area contributed by atoms with Crippen molar-refractivity contribution in [1.82, 2.24) is 24.6 Å². The number of hydrogen-bond acceptors (Lipinski definition) is 6. The Morgan fingerprint density at radius 2 is 0.341 bits per heavy atom. The summed E-state index contributed by atoms with van der Waals surface area (Å²) in [5, 5.41) is 0. The SMILES string of the molecule is C[n+]1n[se]c2c1CCCCCC2.C[n+]1n[se]c2c1CCCCCC2.C[n+]1n[se]c2c1CCCCCC2.C[n+]1n[se]c2c1CCCCCC2.C[n+]1n[se]c2c1CCCCCC2.C[n+]1n[se]c2c1CCCCCC2.I[I-]I.I[I-]I.[I-].[I-].[I-].[I-]. The van der Waals surface area contributed by atoms with Crippen molar-refractivity contribution in [3.63, 3.8) is 0 Å². The van der Waals surface area contributed by atoms with E-state index < -0.39 is 0 Å². The molecular weight excluding hydrogens is 2560 g/mol. The predicted molar refractivity (Wildman–Crippen MR) is 345 cm³/mol. The molecule has 6 heterocycles. The van der Waals surface area contributed by atoms with Crippen LogP contribution in [0.15, 0.2) is 0 Å². The van der Waals surface area contributed by atoms with Gasteiger partial charge in [-0.05, 0) is 0 Å². The molecule has 0 aromatic carbocycles. The molecule has 6 aliphatic rings. The quantitative estimate of drug-likeness (QED) is 0.0853. The van der Waals surface area contributed by atoms with Crippen LogP contribution in [0.1, 0.15) is 215 Å². The molecule has 82 heavy (non-hydrogen) atoms. The summed E-state index contributed by atoms with van der Waals surface area (Å²) < 4.78 is 49.7. The van der Waals surface area contributed by atoms with E-state index in [-0.39, 0.29) is 95.9 Å². The molecule has 0 amide bonds. The molecule has 0 fully saturated rings. The number of rotatable bonds is 0. The van der Waals surface area contributed by atoms with Crippen molar-refractivity contribution in [3.8, 4) is 0 Å². The van der Waals surface area contributed by atoms with E-state index in [4.69, 9.17) is 0 Å². The molecule has 6 aliphatic carbocycles.